The average molecular weight is 208 g/mol. The number of rotatable bonds is 2. The van der Waals surface area contributed by atoms with E-state index >= 15 is 0 Å². The molecule has 0 amide bonds. The fourth-order valence-electron chi connectivity index (χ4n) is 0.818. The van der Waals surface area contributed by atoms with Crippen molar-refractivity contribution in [3.8, 4) is 0 Å². The third kappa shape index (κ3) is 2.31. The van der Waals surface area contributed by atoms with Crippen molar-refractivity contribution in [2.75, 3.05) is 11.5 Å². The lowest BCUT2D eigenvalue weighted by molar-refractivity contribution is -0.136. The van der Waals surface area contributed by atoms with Crippen LogP contribution in [-0.4, -0.2) is 44.2 Å². The lowest BCUT2D eigenvalue weighted by atomic mass is 10.5. The van der Waals surface area contributed by atoms with Crippen LogP contribution >= 0.6 is 23.5 Å². The van der Waals surface area contributed by atoms with Gasteiger partial charge in [-0.3, -0.25) is 9.59 Å². The Morgan fingerprint density at radius 1 is 1.08 bits per heavy atom. The first-order valence-electron chi connectivity index (χ1n) is 3.30. The quantitative estimate of drug-likeness (QED) is 0.683. The van der Waals surface area contributed by atoms with E-state index < -0.39 is 22.4 Å². The Balaban J connectivity index is 2.51. The molecule has 1 aliphatic heterocycles. The number of carbonyl (C=O) groups is 2. The molecule has 0 aromatic carbocycles. The Kier molecular flexibility index (Phi) is 3.28. The molecular weight excluding hydrogens is 200 g/mol. The van der Waals surface area contributed by atoms with E-state index in [4.69, 9.17) is 10.2 Å². The van der Waals surface area contributed by atoms with Crippen LogP contribution < -0.4 is 0 Å². The molecule has 2 atom stereocenters. The summed E-state index contributed by atoms with van der Waals surface area (Å²) in [7, 11) is 0. The summed E-state index contributed by atoms with van der Waals surface area (Å²) in [4.78, 5) is 21.0. The van der Waals surface area contributed by atoms with E-state index in [1.807, 2.05) is 0 Å². The zero-order chi connectivity index (χ0) is 9.14. The van der Waals surface area contributed by atoms with Crippen molar-refractivity contribution >= 4 is 35.5 Å². The van der Waals surface area contributed by atoms with Crippen molar-refractivity contribution in [3.63, 3.8) is 0 Å². The molecule has 0 spiro atoms. The summed E-state index contributed by atoms with van der Waals surface area (Å²) >= 11 is 2.41. The normalized spacial score (nSPS) is 29.7. The summed E-state index contributed by atoms with van der Waals surface area (Å²) in [5.74, 6) is -0.829. The first-order chi connectivity index (χ1) is 5.61. The van der Waals surface area contributed by atoms with Crippen molar-refractivity contribution in [2.24, 2.45) is 0 Å². The number of thioether (sulfide) groups is 2. The number of carboxylic acids is 2. The Morgan fingerprint density at radius 3 is 1.83 bits per heavy atom. The summed E-state index contributed by atoms with van der Waals surface area (Å²) in [5.41, 5.74) is 0. The Labute approximate surface area is 77.7 Å². The van der Waals surface area contributed by atoms with Crippen molar-refractivity contribution < 1.29 is 19.8 Å². The molecule has 1 rings (SSSR count). The van der Waals surface area contributed by atoms with Gasteiger partial charge < -0.3 is 10.2 Å². The molecule has 1 fully saturated rings. The molecule has 4 nitrogen and oxygen atoms in total. The highest BCUT2D eigenvalue weighted by Gasteiger charge is 2.31. The molecule has 0 radical (unpaired) electrons. The van der Waals surface area contributed by atoms with E-state index in [1.165, 1.54) is 11.8 Å². The lowest BCUT2D eigenvalue weighted by Crippen LogP contribution is -2.32. The van der Waals surface area contributed by atoms with Crippen LogP contribution in [0.25, 0.3) is 0 Å². The van der Waals surface area contributed by atoms with Gasteiger partial charge in [-0.25, -0.2) is 0 Å². The number of aliphatic carboxylic acids is 2. The van der Waals surface area contributed by atoms with E-state index in [9.17, 15) is 9.59 Å². The van der Waals surface area contributed by atoms with Crippen LogP contribution in [-0.2, 0) is 9.59 Å². The minimum atomic E-state index is -0.918. The molecule has 0 aromatic heterocycles. The summed E-state index contributed by atoms with van der Waals surface area (Å²) in [6, 6.07) is 0. The van der Waals surface area contributed by atoms with Crippen molar-refractivity contribution in [1.29, 1.82) is 0 Å². The predicted molar refractivity (Wildman–Crippen MR) is 47.8 cm³/mol. The van der Waals surface area contributed by atoms with Crippen molar-refractivity contribution in [1.82, 2.24) is 0 Å². The molecule has 12 heavy (non-hydrogen) atoms. The van der Waals surface area contributed by atoms with Gasteiger partial charge in [0.2, 0.25) is 0 Å². The van der Waals surface area contributed by atoms with Crippen LogP contribution in [0.15, 0.2) is 0 Å². The van der Waals surface area contributed by atoms with Gasteiger partial charge in [-0.05, 0) is 0 Å². The molecule has 0 bridgehead atoms. The summed E-state index contributed by atoms with van der Waals surface area (Å²) in [6.45, 7) is 0. The lowest BCUT2D eigenvalue weighted by Gasteiger charge is -2.22. The first kappa shape index (κ1) is 9.73. The second-order valence-corrected chi connectivity index (χ2v) is 4.81. The maximum atomic E-state index is 10.5. The highest BCUT2D eigenvalue weighted by atomic mass is 32.2. The molecule has 0 aromatic rings. The Morgan fingerprint density at radius 2 is 1.50 bits per heavy atom. The van der Waals surface area contributed by atoms with E-state index in [0.717, 1.165) is 11.8 Å². The molecule has 1 saturated heterocycles. The van der Waals surface area contributed by atoms with Crippen LogP contribution in [0.4, 0.5) is 0 Å². The summed E-state index contributed by atoms with van der Waals surface area (Å²) in [5, 5.41) is 16.1. The van der Waals surface area contributed by atoms with Crippen LogP contribution in [0.5, 0.6) is 0 Å². The smallest absolute Gasteiger partial charge is 0.317 e. The molecule has 1 aliphatic rings. The second kappa shape index (κ2) is 4.04. The van der Waals surface area contributed by atoms with E-state index in [1.54, 1.807) is 0 Å². The highest BCUT2D eigenvalue weighted by Crippen LogP contribution is 2.30. The monoisotopic (exact) mass is 208 g/mol. The van der Waals surface area contributed by atoms with Crippen LogP contribution in [0.3, 0.4) is 0 Å². The van der Waals surface area contributed by atoms with Crippen molar-refractivity contribution in [3.05, 3.63) is 0 Å². The van der Waals surface area contributed by atoms with Crippen LogP contribution in [0.1, 0.15) is 0 Å². The maximum Gasteiger partial charge on any atom is 0.317 e. The van der Waals surface area contributed by atoms with Gasteiger partial charge in [0.15, 0.2) is 0 Å². The summed E-state index contributed by atoms with van der Waals surface area (Å²) < 4.78 is 0. The van der Waals surface area contributed by atoms with Gasteiger partial charge in [0.25, 0.3) is 0 Å². The van der Waals surface area contributed by atoms with E-state index in [2.05, 4.69) is 0 Å². The van der Waals surface area contributed by atoms with E-state index in [0.29, 0.717) is 11.5 Å². The van der Waals surface area contributed by atoms with Gasteiger partial charge >= 0.3 is 11.9 Å². The second-order valence-electron chi connectivity index (χ2n) is 2.33. The van der Waals surface area contributed by atoms with Gasteiger partial charge in [-0.1, -0.05) is 0 Å². The molecule has 0 saturated carbocycles. The third-order valence-electron chi connectivity index (χ3n) is 1.42. The van der Waals surface area contributed by atoms with Crippen LogP contribution in [0.2, 0.25) is 0 Å². The molecule has 6 heteroatoms. The largest absolute Gasteiger partial charge is 0.480 e. The SMILES string of the molecule is O=C(O)C1CSCC(C(=O)O)S1. The maximum absolute atomic E-state index is 10.5. The minimum absolute atomic E-state index is 0.504. The van der Waals surface area contributed by atoms with Gasteiger partial charge in [-0.15, -0.1) is 11.8 Å². The number of carboxylic acid groups (broad SMARTS) is 2. The fourth-order valence-corrected chi connectivity index (χ4v) is 3.50. The van der Waals surface area contributed by atoms with Crippen LogP contribution in [0, 0.1) is 0 Å². The molecule has 2 N–H and O–H groups in total. The van der Waals surface area contributed by atoms with E-state index in [-0.39, 0.29) is 0 Å². The Hall–Kier alpha value is -0.360. The van der Waals surface area contributed by atoms with Gasteiger partial charge in [0, 0.05) is 11.5 Å². The topological polar surface area (TPSA) is 74.6 Å². The first-order valence-corrected chi connectivity index (χ1v) is 5.40. The predicted octanol–water partition coefficient (Wildman–Crippen LogP) is 0.373. The summed E-state index contributed by atoms with van der Waals surface area (Å²) in [6.07, 6.45) is 0. The third-order valence-corrected chi connectivity index (χ3v) is 4.37. The molecule has 68 valence electrons. The van der Waals surface area contributed by atoms with Gasteiger partial charge in [-0.2, -0.15) is 11.8 Å². The Bertz CT molecular complexity index is 186. The zero-order valence-electron chi connectivity index (χ0n) is 6.10. The molecule has 0 aliphatic carbocycles. The molecule has 2 unspecified atom stereocenters. The molecule has 1 heterocycles. The van der Waals surface area contributed by atoms with Crippen molar-refractivity contribution in [2.45, 2.75) is 10.5 Å². The number of hydrogen-bond donors (Lipinski definition) is 2. The highest BCUT2D eigenvalue weighted by molar-refractivity contribution is 8.08. The fraction of sp³-hybridized carbons (Fsp3) is 0.667. The minimum Gasteiger partial charge on any atom is -0.480 e. The average Bonchev–Trinajstić information content (AvgIpc) is 2.04. The van der Waals surface area contributed by atoms with Gasteiger partial charge in [0.1, 0.15) is 10.5 Å². The number of hydrogen-bond acceptors (Lipinski definition) is 4. The zero-order valence-corrected chi connectivity index (χ0v) is 7.73. The van der Waals surface area contributed by atoms with Gasteiger partial charge in [0.05, 0.1) is 0 Å². The standard InChI is InChI=1S/C6H8O4S2/c7-5(8)3-1-11-2-4(12-3)6(9)10/h3-4H,1-2H2,(H,7,8)(H,9,10). The molecular formula is C6H8O4S2.